The number of benzene rings is 1. The summed E-state index contributed by atoms with van der Waals surface area (Å²) in [7, 11) is 0. The molecule has 0 saturated carbocycles. The van der Waals surface area contributed by atoms with Crippen molar-refractivity contribution in [2.75, 3.05) is 13.1 Å². The third-order valence-electron chi connectivity index (χ3n) is 3.50. The fourth-order valence-electron chi connectivity index (χ4n) is 2.48. The normalized spacial score (nSPS) is 18.3. The SMILES string of the molecule is O=C(c1ccccc1)N1CCCC(Oc2ncccn2)C1. The van der Waals surface area contributed by atoms with Crippen LogP contribution in [0, 0.1) is 0 Å². The molecule has 3 rings (SSSR count). The van der Waals surface area contributed by atoms with Crippen molar-refractivity contribution < 1.29 is 9.53 Å². The van der Waals surface area contributed by atoms with Gasteiger partial charge in [-0.3, -0.25) is 4.79 Å². The lowest BCUT2D eigenvalue weighted by molar-refractivity contribution is 0.0516. The van der Waals surface area contributed by atoms with E-state index in [1.807, 2.05) is 35.2 Å². The van der Waals surface area contributed by atoms with Gasteiger partial charge in [0.25, 0.3) is 5.91 Å². The molecule has 1 amide bonds. The van der Waals surface area contributed by atoms with Crippen molar-refractivity contribution in [3.63, 3.8) is 0 Å². The van der Waals surface area contributed by atoms with Crippen LogP contribution >= 0.6 is 0 Å². The van der Waals surface area contributed by atoms with Gasteiger partial charge in [0.2, 0.25) is 0 Å². The molecule has 1 atom stereocenters. The highest BCUT2D eigenvalue weighted by Crippen LogP contribution is 2.17. The summed E-state index contributed by atoms with van der Waals surface area (Å²) < 4.78 is 5.76. The van der Waals surface area contributed by atoms with E-state index in [4.69, 9.17) is 4.74 Å². The molecule has 2 heterocycles. The Labute approximate surface area is 123 Å². The van der Waals surface area contributed by atoms with E-state index in [0.29, 0.717) is 18.1 Å². The van der Waals surface area contributed by atoms with E-state index in [2.05, 4.69) is 9.97 Å². The lowest BCUT2D eigenvalue weighted by atomic mass is 10.1. The van der Waals surface area contributed by atoms with E-state index in [1.54, 1.807) is 18.5 Å². The average molecular weight is 283 g/mol. The summed E-state index contributed by atoms with van der Waals surface area (Å²) >= 11 is 0. The van der Waals surface area contributed by atoms with Gasteiger partial charge < -0.3 is 9.64 Å². The zero-order valence-electron chi connectivity index (χ0n) is 11.7. The van der Waals surface area contributed by atoms with Gasteiger partial charge in [-0.25, -0.2) is 9.97 Å². The highest BCUT2D eigenvalue weighted by atomic mass is 16.5. The fourth-order valence-corrected chi connectivity index (χ4v) is 2.48. The molecule has 1 saturated heterocycles. The van der Waals surface area contributed by atoms with Crippen molar-refractivity contribution in [1.82, 2.24) is 14.9 Å². The fraction of sp³-hybridized carbons (Fsp3) is 0.312. The second-order valence-corrected chi connectivity index (χ2v) is 5.03. The molecule has 0 bridgehead atoms. The lowest BCUT2D eigenvalue weighted by Crippen LogP contribution is -2.44. The Kier molecular flexibility index (Phi) is 4.09. The van der Waals surface area contributed by atoms with Gasteiger partial charge in [-0.2, -0.15) is 0 Å². The number of carbonyl (C=O) groups excluding carboxylic acids is 1. The Bertz CT molecular complexity index is 589. The topological polar surface area (TPSA) is 55.3 Å². The number of ether oxygens (including phenoxy) is 1. The molecule has 1 aromatic carbocycles. The number of likely N-dealkylation sites (tertiary alicyclic amines) is 1. The first-order valence-electron chi connectivity index (χ1n) is 7.11. The van der Waals surface area contributed by atoms with E-state index >= 15 is 0 Å². The number of hydrogen-bond acceptors (Lipinski definition) is 4. The Hall–Kier alpha value is -2.43. The number of nitrogens with zero attached hydrogens (tertiary/aromatic N) is 3. The van der Waals surface area contributed by atoms with E-state index in [1.165, 1.54) is 0 Å². The van der Waals surface area contributed by atoms with Crippen LogP contribution in [0.25, 0.3) is 0 Å². The molecule has 1 aliphatic rings. The number of piperidine rings is 1. The predicted octanol–water partition coefficient (Wildman–Crippen LogP) is 2.16. The highest BCUT2D eigenvalue weighted by molar-refractivity contribution is 5.94. The number of carbonyl (C=O) groups is 1. The molecule has 5 nitrogen and oxygen atoms in total. The maximum atomic E-state index is 12.4. The first-order valence-corrected chi connectivity index (χ1v) is 7.11. The lowest BCUT2D eigenvalue weighted by Gasteiger charge is -2.32. The molecular weight excluding hydrogens is 266 g/mol. The van der Waals surface area contributed by atoms with Crippen molar-refractivity contribution in [3.05, 3.63) is 54.4 Å². The number of hydrogen-bond donors (Lipinski definition) is 0. The van der Waals surface area contributed by atoms with Crippen LogP contribution in [0.1, 0.15) is 23.2 Å². The minimum atomic E-state index is -0.0474. The Morgan fingerprint density at radius 1 is 1.14 bits per heavy atom. The minimum Gasteiger partial charge on any atom is -0.458 e. The summed E-state index contributed by atoms with van der Waals surface area (Å²) in [6.07, 6.45) is 5.09. The van der Waals surface area contributed by atoms with Gasteiger partial charge in [-0.1, -0.05) is 18.2 Å². The average Bonchev–Trinajstić information content (AvgIpc) is 2.56. The summed E-state index contributed by atoms with van der Waals surface area (Å²) in [6.45, 7) is 1.34. The summed E-state index contributed by atoms with van der Waals surface area (Å²) in [6, 6.07) is 11.5. The number of amides is 1. The van der Waals surface area contributed by atoms with Crippen molar-refractivity contribution in [2.45, 2.75) is 18.9 Å². The van der Waals surface area contributed by atoms with Crippen LogP contribution in [-0.4, -0.2) is 40.0 Å². The summed E-state index contributed by atoms with van der Waals surface area (Å²) in [4.78, 5) is 22.4. The Morgan fingerprint density at radius 2 is 1.90 bits per heavy atom. The van der Waals surface area contributed by atoms with Crippen LogP contribution in [0.2, 0.25) is 0 Å². The van der Waals surface area contributed by atoms with E-state index in [-0.39, 0.29) is 12.0 Å². The smallest absolute Gasteiger partial charge is 0.316 e. The molecule has 1 aliphatic heterocycles. The van der Waals surface area contributed by atoms with E-state index < -0.39 is 0 Å². The molecule has 0 N–H and O–H groups in total. The largest absolute Gasteiger partial charge is 0.458 e. The van der Waals surface area contributed by atoms with Gasteiger partial charge in [-0.15, -0.1) is 0 Å². The minimum absolute atomic E-state index is 0.0474. The van der Waals surface area contributed by atoms with Crippen LogP contribution < -0.4 is 4.74 Å². The first kappa shape index (κ1) is 13.5. The molecule has 1 unspecified atom stereocenters. The van der Waals surface area contributed by atoms with Crippen molar-refractivity contribution in [3.8, 4) is 6.01 Å². The maximum Gasteiger partial charge on any atom is 0.316 e. The van der Waals surface area contributed by atoms with Gasteiger partial charge in [0, 0.05) is 24.5 Å². The van der Waals surface area contributed by atoms with Crippen LogP contribution in [0.3, 0.4) is 0 Å². The van der Waals surface area contributed by atoms with Crippen LogP contribution in [0.15, 0.2) is 48.8 Å². The summed E-state index contributed by atoms with van der Waals surface area (Å²) in [5.74, 6) is 0.0536. The highest BCUT2D eigenvalue weighted by Gasteiger charge is 2.26. The molecule has 21 heavy (non-hydrogen) atoms. The Morgan fingerprint density at radius 3 is 2.67 bits per heavy atom. The van der Waals surface area contributed by atoms with Gasteiger partial charge in [0.1, 0.15) is 6.10 Å². The predicted molar refractivity (Wildman–Crippen MR) is 78.0 cm³/mol. The first-order chi connectivity index (χ1) is 10.3. The van der Waals surface area contributed by atoms with Crippen LogP contribution in [0.4, 0.5) is 0 Å². The zero-order valence-corrected chi connectivity index (χ0v) is 11.7. The molecule has 0 radical (unpaired) electrons. The summed E-state index contributed by atoms with van der Waals surface area (Å²) in [5.41, 5.74) is 0.717. The second-order valence-electron chi connectivity index (χ2n) is 5.03. The quantitative estimate of drug-likeness (QED) is 0.866. The molecule has 2 aromatic rings. The molecule has 0 spiro atoms. The van der Waals surface area contributed by atoms with Crippen LogP contribution in [0.5, 0.6) is 6.01 Å². The van der Waals surface area contributed by atoms with Gasteiger partial charge in [0.15, 0.2) is 0 Å². The Balaban J connectivity index is 1.64. The van der Waals surface area contributed by atoms with E-state index in [0.717, 1.165) is 19.4 Å². The van der Waals surface area contributed by atoms with E-state index in [9.17, 15) is 4.79 Å². The third-order valence-corrected chi connectivity index (χ3v) is 3.50. The maximum absolute atomic E-state index is 12.4. The molecule has 1 fully saturated rings. The molecular formula is C16H17N3O2. The third kappa shape index (κ3) is 3.37. The molecule has 1 aromatic heterocycles. The molecule has 0 aliphatic carbocycles. The number of aromatic nitrogens is 2. The molecule has 108 valence electrons. The van der Waals surface area contributed by atoms with Gasteiger partial charge in [-0.05, 0) is 31.0 Å². The summed E-state index contributed by atoms with van der Waals surface area (Å²) in [5, 5.41) is 0. The van der Waals surface area contributed by atoms with Crippen molar-refractivity contribution in [1.29, 1.82) is 0 Å². The second kappa shape index (κ2) is 6.35. The van der Waals surface area contributed by atoms with Gasteiger partial charge in [0.05, 0.1) is 6.54 Å². The standard InChI is InChI=1S/C16H17N3O2/c20-15(13-6-2-1-3-7-13)19-11-4-8-14(12-19)21-16-17-9-5-10-18-16/h1-3,5-7,9-10,14H,4,8,11-12H2. The van der Waals surface area contributed by atoms with Crippen molar-refractivity contribution in [2.24, 2.45) is 0 Å². The monoisotopic (exact) mass is 283 g/mol. The van der Waals surface area contributed by atoms with Crippen LogP contribution in [-0.2, 0) is 0 Å². The number of rotatable bonds is 3. The van der Waals surface area contributed by atoms with Gasteiger partial charge >= 0.3 is 6.01 Å². The zero-order chi connectivity index (χ0) is 14.5. The molecule has 5 heteroatoms. The van der Waals surface area contributed by atoms with Crippen molar-refractivity contribution >= 4 is 5.91 Å².